The molecule has 0 atom stereocenters. The molecule has 0 amide bonds. The molecule has 11 heavy (non-hydrogen) atoms. The van der Waals surface area contributed by atoms with Crippen molar-refractivity contribution in [3.8, 4) is 0 Å². The Bertz CT molecular complexity index is 109. The summed E-state index contributed by atoms with van der Waals surface area (Å²) in [5.74, 6) is 0. The molecular weight excluding hydrogens is 143 g/mol. The van der Waals surface area contributed by atoms with Crippen molar-refractivity contribution in [2.24, 2.45) is 0 Å². The number of rotatable bonds is 2. The van der Waals surface area contributed by atoms with Crippen LogP contribution in [-0.2, 0) is 0 Å². The monoisotopic (exact) mass is 159 g/mol. The zero-order chi connectivity index (χ0) is 8.27. The van der Waals surface area contributed by atoms with Crippen LogP contribution in [0.4, 0.5) is 4.39 Å². The lowest BCUT2D eigenvalue weighted by molar-refractivity contribution is 0.148. The van der Waals surface area contributed by atoms with Crippen molar-refractivity contribution in [2.75, 3.05) is 39.8 Å². The van der Waals surface area contributed by atoms with E-state index in [1.165, 1.54) is 0 Å². The molecule has 1 aliphatic heterocycles. The lowest BCUT2D eigenvalue weighted by atomic mass is 10.3. The standard InChI is InChI=1S/C8H16FN2/c1-8(9)7-11-5-3-10(2)4-6-11/h3-7H2,1-2H3. The molecule has 1 aliphatic rings. The summed E-state index contributed by atoms with van der Waals surface area (Å²) < 4.78 is 12.4. The second kappa shape index (κ2) is 4.02. The van der Waals surface area contributed by atoms with Gasteiger partial charge in [-0.2, -0.15) is 0 Å². The molecule has 1 saturated heterocycles. The molecule has 0 saturated carbocycles. The highest BCUT2D eigenvalue weighted by molar-refractivity contribution is 4.78. The summed E-state index contributed by atoms with van der Waals surface area (Å²) >= 11 is 0. The third-order valence-electron chi connectivity index (χ3n) is 2.04. The Morgan fingerprint density at radius 2 is 1.82 bits per heavy atom. The van der Waals surface area contributed by atoms with Crippen LogP contribution in [0.5, 0.6) is 0 Å². The normalized spacial score (nSPS) is 22.9. The van der Waals surface area contributed by atoms with Gasteiger partial charge in [0.05, 0.1) is 0 Å². The maximum atomic E-state index is 12.4. The fraction of sp³-hybridized carbons (Fsp3) is 0.875. The molecule has 0 aromatic rings. The predicted octanol–water partition coefficient (Wildman–Crippen LogP) is 0.755. The highest BCUT2D eigenvalue weighted by Gasteiger charge is 2.15. The first-order valence-electron chi connectivity index (χ1n) is 4.07. The number of likely N-dealkylation sites (N-methyl/N-ethyl adjacent to an activating group) is 1. The lowest BCUT2D eigenvalue weighted by Gasteiger charge is -2.32. The zero-order valence-corrected chi connectivity index (χ0v) is 7.31. The van der Waals surface area contributed by atoms with Gasteiger partial charge in [0, 0.05) is 32.7 Å². The van der Waals surface area contributed by atoms with E-state index in [1.807, 2.05) is 0 Å². The van der Waals surface area contributed by atoms with Gasteiger partial charge >= 0.3 is 0 Å². The van der Waals surface area contributed by atoms with Crippen LogP contribution in [0.25, 0.3) is 0 Å². The van der Waals surface area contributed by atoms with E-state index >= 15 is 0 Å². The van der Waals surface area contributed by atoms with Gasteiger partial charge in [0.15, 0.2) is 6.17 Å². The Hall–Kier alpha value is -0.150. The van der Waals surface area contributed by atoms with Gasteiger partial charge in [0.1, 0.15) is 0 Å². The van der Waals surface area contributed by atoms with E-state index in [-0.39, 0.29) is 6.17 Å². The molecule has 0 aromatic carbocycles. The van der Waals surface area contributed by atoms with Crippen molar-refractivity contribution in [3.63, 3.8) is 0 Å². The van der Waals surface area contributed by atoms with Crippen molar-refractivity contribution < 1.29 is 4.39 Å². The minimum atomic E-state index is 0.0227. The highest BCUT2D eigenvalue weighted by atomic mass is 19.1. The molecule has 0 aromatic heterocycles. The van der Waals surface area contributed by atoms with Gasteiger partial charge in [-0.1, -0.05) is 0 Å². The third-order valence-corrected chi connectivity index (χ3v) is 2.04. The predicted molar refractivity (Wildman–Crippen MR) is 44.0 cm³/mol. The Morgan fingerprint density at radius 3 is 2.27 bits per heavy atom. The number of nitrogens with zero attached hydrogens (tertiary/aromatic N) is 2. The maximum Gasteiger partial charge on any atom is 0.155 e. The minimum Gasteiger partial charge on any atom is -0.304 e. The van der Waals surface area contributed by atoms with E-state index in [4.69, 9.17) is 0 Å². The number of hydrogen-bond donors (Lipinski definition) is 0. The van der Waals surface area contributed by atoms with Gasteiger partial charge in [-0.3, -0.25) is 4.90 Å². The Morgan fingerprint density at radius 1 is 1.27 bits per heavy atom. The van der Waals surface area contributed by atoms with E-state index in [1.54, 1.807) is 6.92 Å². The summed E-state index contributed by atoms with van der Waals surface area (Å²) in [6.45, 7) is 6.18. The van der Waals surface area contributed by atoms with E-state index in [2.05, 4.69) is 16.8 Å². The molecule has 1 rings (SSSR count). The molecular formula is C8H16FN2. The Kier molecular flexibility index (Phi) is 3.27. The lowest BCUT2D eigenvalue weighted by Crippen LogP contribution is -2.45. The van der Waals surface area contributed by atoms with Crippen LogP contribution in [0.2, 0.25) is 0 Å². The van der Waals surface area contributed by atoms with E-state index in [0.29, 0.717) is 6.54 Å². The second-order valence-electron chi connectivity index (χ2n) is 3.26. The molecule has 0 aliphatic carbocycles. The smallest absolute Gasteiger partial charge is 0.155 e. The molecule has 2 nitrogen and oxygen atoms in total. The summed E-state index contributed by atoms with van der Waals surface area (Å²) in [5.41, 5.74) is 0. The summed E-state index contributed by atoms with van der Waals surface area (Å²) in [4.78, 5) is 4.42. The zero-order valence-electron chi connectivity index (χ0n) is 7.31. The largest absolute Gasteiger partial charge is 0.304 e. The fourth-order valence-electron chi connectivity index (χ4n) is 1.31. The van der Waals surface area contributed by atoms with Gasteiger partial charge in [-0.25, -0.2) is 4.39 Å². The van der Waals surface area contributed by atoms with Crippen molar-refractivity contribution >= 4 is 0 Å². The Balaban J connectivity index is 2.17. The Labute approximate surface area is 68.0 Å². The van der Waals surface area contributed by atoms with Crippen molar-refractivity contribution in [1.82, 2.24) is 9.80 Å². The summed E-state index contributed by atoms with van der Waals surface area (Å²) in [6.07, 6.45) is 0.0227. The first kappa shape index (κ1) is 8.94. The van der Waals surface area contributed by atoms with E-state index in [0.717, 1.165) is 26.2 Å². The van der Waals surface area contributed by atoms with E-state index in [9.17, 15) is 4.39 Å². The van der Waals surface area contributed by atoms with Crippen LogP contribution in [0.1, 0.15) is 6.92 Å². The molecule has 1 radical (unpaired) electrons. The topological polar surface area (TPSA) is 6.48 Å². The first-order chi connectivity index (χ1) is 5.18. The fourth-order valence-corrected chi connectivity index (χ4v) is 1.31. The van der Waals surface area contributed by atoms with Crippen LogP contribution in [-0.4, -0.2) is 49.6 Å². The minimum absolute atomic E-state index is 0.0227. The average molecular weight is 159 g/mol. The van der Waals surface area contributed by atoms with Crippen LogP contribution in [0, 0.1) is 6.17 Å². The van der Waals surface area contributed by atoms with Crippen LogP contribution in [0.15, 0.2) is 0 Å². The third kappa shape index (κ3) is 3.16. The van der Waals surface area contributed by atoms with Gasteiger partial charge in [-0.15, -0.1) is 0 Å². The average Bonchev–Trinajstić information content (AvgIpc) is 1.93. The number of halogens is 1. The van der Waals surface area contributed by atoms with Gasteiger partial charge in [-0.05, 0) is 14.0 Å². The molecule has 0 unspecified atom stereocenters. The highest BCUT2D eigenvalue weighted by Crippen LogP contribution is 2.05. The molecule has 3 heteroatoms. The van der Waals surface area contributed by atoms with E-state index < -0.39 is 0 Å². The van der Waals surface area contributed by atoms with Crippen molar-refractivity contribution in [2.45, 2.75) is 6.92 Å². The SMILES string of the molecule is C[C](F)CN1CCN(C)CC1. The van der Waals surface area contributed by atoms with Crippen molar-refractivity contribution in [1.29, 1.82) is 0 Å². The van der Waals surface area contributed by atoms with Gasteiger partial charge in [0.2, 0.25) is 0 Å². The first-order valence-corrected chi connectivity index (χ1v) is 4.07. The van der Waals surface area contributed by atoms with Gasteiger partial charge < -0.3 is 4.90 Å². The molecule has 0 bridgehead atoms. The maximum absolute atomic E-state index is 12.4. The molecule has 65 valence electrons. The molecule has 0 N–H and O–H groups in total. The number of hydrogen-bond acceptors (Lipinski definition) is 2. The van der Waals surface area contributed by atoms with Crippen LogP contribution < -0.4 is 0 Å². The molecule has 1 fully saturated rings. The van der Waals surface area contributed by atoms with Crippen LogP contribution in [0.3, 0.4) is 0 Å². The summed E-state index contributed by atoms with van der Waals surface area (Å²) in [7, 11) is 2.10. The quantitative estimate of drug-likeness (QED) is 0.587. The summed E-state index contributed by atoms with van der Waals surface area (Å²) in [6, 6.07) is 0. The summed E-state index contributed by atoms with van der Waals surface area (Å²) in [5, 5.41) is 0. The molecule has 1 heterocycles. The van der Waals surface area contributed by atoms with Crippen LogP contribution >= 0.6 is 0 Å². The van der Waals surface area contributed by atoms with Gasteiger partial charge in [0.25, 0.3) is 0 Å². The van der Waals surface area contributed by atoms with Crippen molar-refractivity contribution in [3.05, 3.63) is 6.17 Å². The second-order valence-corrected chi connectivity index (χ2v) is 3.26. The number of piperazine rings is 1. The molecule has 0 spiro atoms.